The minimum absolute atomic E-state index is 0.162. The van der Waals surface area contributed by atoms with E-state index in [9.17, 15) is 9.59 Å². The second-order valence-electron chi connectivity index (χ2n) is 5.53. The third-order valence-electron chi connectivity index (χ3n) is 3.43. The normalized spacial score (nSPS) is 10.4. The van der Waals surface area contributed by atoms with Crippen molar-refractivity contribution in [2.24, 2.45) is 10.8 Å². The molecule has 0 aliphatic carbocycles. The molecule has 2 rings (SSSR count). The zero-order valence-electron chi connectivity index (χ0n) is 15.2. The van der Waals surface area contributed by atoms with E-state index in [1.165, 1.54) is 6.21 Å². The topological polar surface area (TPSA) is 115 Å². The van der Waals surface area contributed by atoms with Crippen molar-refractivity contribution < 1.29 is 19.1 Å². The summed E-state index contributed by atoms with van der Waals surface area (Å²) in [4.78, 5) is 22.8. The molecule has 0 spiro atoms. The van der Waals surface area contributed by atoms with Crippen LogP contribution in [0, 0.1) is 6.92 Å². The van der Waals surface area contributed by atoms with Gasteiger partial charge in [0.05, 0.1) is 12.8 Å². The van der Waals surface area contributed by atoms with Crippen molar-refractivity contribution in [1.29, 1.82) is 0 Å². The number of aryl methyl sites for hydroxylation is 1. The molecule has 0 saturated carbocycles. The summed E-state index contributed by atoms with van der Waals surface area (Å²) in [5, 5.41) is 6.50. The zero-order chi connectivity index (χ0) is 19.6. The maximum absolute atomic E-state index is 12.1. The van der Waals surface area contributed by atoms with Gasteiger partial charge in [0, 0.05) is 5.69 Å². The Kier molecular flexibility index (Phi) is 7.18. The predicted octanol–water partition coefficient (Wildman–Crippen LogP) is 2.41. The maximum Gasteiger partial charge on any atom is 0.332 e. The molecule has 0 saturated heterocycles. The highest BCUT2D eigenvalue weighted by molar-refractivity contribution is 5.92. The number of benzene rings is 2. The Labute approximate surface area is 157 Å². The number of rotatable bonds is 8. The Morgan fingerprint density at radius 2 is 1.93 bits per heavy atom. The van der Waals surface area contributed by atoms with Crippen LogP contribution in [0.3, 0.4) is 0 Å². The second kappa shape index (κ2) is 9.81. The average Bonchev–Trinajstić information content (AvgIpc) is 2.63. The fraction of sp³-hybridized carbons (Fsp3) is 0.211. The van der Waals surface area contributed by atoms with E-state index in [0.717, 1.165) is 11.3 Å². The number of urea groups is 1. The Hall–Kier alpha value is -3.55. The summed E-state index contributed by atoms with van der Waals surface area (Å²) in [7, 11) is 0. The molecule has 0 aromatic heterocycles. The van der Waals surface area contributed by atoms with Crippen LogP contribution in [-0.2, 0) is 4.79 Å². The number of carbonyl (C=O) groups is 2. The number of amides is 3. The van der Waals surface area contributed by atoms with E-state index in [1.54, 1.807) is 18.2 Å². The van der Waals surface area contributed by atoms with Crippen LogP contribution in [0.4, 0.5) is 10.5 Å². The van der Waals surface area contributed by atoms with Crippen LogP contribution in [0.2, 0.25) is 0 Å². The molecule has 8 nitrogen and oxygen atoms in total. The van der Waals surface area contributed by atoms with Gasteiger partial charge in [-0.3, -0.25) is 4.79 Å². The first-order chi connectivity index (χ1) is 13.0. The molecule has 27 heavy (non-hydrogen) atoms. The number of nitrogens with two attached hydrogens (primary N) is 1. The number of para-hydroxylation sites is 1. The summed E-state index contributed by atoms with van der Waals surface area (Å²) in [6.07, 6.45) is 1.42. The predicted molar refractivity (Wildman–Crippen MR) is 103 cm³/mol. The highest BCUT2D eigenvalue weighted by atomic mass is 16.5. The van der Waals surface area contributed by atoms with Gasteiger partial charge in [-0.1, -0.05) is 18.2 Å². The van der Waals surface area contributed by atoms with Crippen molar-refractivity contribution in [2.45, 2.75) is 13.8 Å². The van der Waals surface area contributed by atoms with Gasteiger partial charge in [-0.2, -0.15) is 5.10 Å². The molecule has 142 valence electrons. The number of carbonyl (C=O) groups excluding carboxylic acids is 2. The molecule has 0 bridgehead atoms. The quantitative estimate of drug-likeness (QED) is 0.489. The molecule has 0 fully saturated rings. The lowest BCUT2D eigenvalue weighted by Crippen LogP contribution is -2.24. The Balaban J connectivity index is 2.02. The minimum atomic E-state index is -0.754. The molecular formula is C19H22N4O4. The molecule has 0 heterocycles. The van der Waals surface area contributed by atoms with Crippen molar-refractivity contribution in [2.75, 3.05) is 18.5 Å². The van der Waals surface area contributed by atoms with Crippen molar-refractivity contribution in [3.63, 3.8) is 0 Å². The fourth-order valence-corrected chi connectivity index (χ4v) is 2.21. The van der Waals surface area contributed by atoms with Crippen LogP contribution in [0.15, 0.2) is 47.6 Å². The van der Waals surface area contributed by atoms with E-state index in [1.807, 2.05) is 38.1 Å². The van der Waals surface area contributed by atoms with Crippen molar-refractivity contribution in [3.05, 3.63) is 53.6 Å². The first-order valence-electron chi connectivity index (χ1n) is 8.33. The molecule has 0 aliphatic rings. The number of primary amides is 1. The first kappa shape index (κ1) is 19.8. The van der Waals surface area contributed by atoms with E-state index >= 15 is 0 Å². The standard InChI is InChI=1S/C19H22N4O4/c1-3-26-17-10-14(11-21-23-19(20)25)8-9-16(17)27-12-18(24)22-15-7-5-4-6-13(15)2/h4-11H,3,12H2,1-2H3,(H,22,24)(H3,20,23,25)/b21-11+. The zero-order valence-corrected chi connectivity index (χ0v) is 15.2. The number of nitrogens with zero attached hydrogens (tertiary/aromatic N) is 1. The van der Waals surface area contributed by atoms with Gasteiger partial charge in [-0.05, 0) is 49.2 Å². The smallest absolute Gasteiger partial charge is 0.332 e. The minimum Gasteiger partial charge on any atom is -0.490 e. The lowest BCUT2D eigenvalue weighted by Gasteiger charge is -2.13. The van der Waals surface area contributed by atoms with Gasteiger partial charge in [0.1, 0.15) is 0 Å². The Bertz CT molecular complexity index is 836. The van der Waals surface area contributed by atoms with Gasteiger partial charge in [0.2, 0.25) is 0 Å². The Morgan fingerprint density at radius 3 is 2.63 bits per heavy atom. The molecule has 0 aliphatic heterocycles. The van der Waals surface area contributed by atoms with Gasteiger partial charge in [0.15, 0.2) is 18.1 Å². The van der Waals surface area contributed by atoms with E-state index in [0.29, 0.717) is 23.7 Å². The lowest BCUT2D eigenvalue weighted by atomic mass is 10.2. The SMILES string of the molecule is CCOc1cc(/C=N/NC(N)=O)ccc1OCC(=O)Nc1ccccc1C. The van der Waals surface area contributed by atoms with E-state index in [2.05, 4.69) is 15.8 Å². The number of nitrogens with one attached hydrogen (secondary N) is 2. The average molecular weight is 370 g/mol. The highest BCUT2D eigenvalue weighted by Crippen LogP contribution is 2.28. The van der Waals surface area contributed by atoms with Gasteiger partial charge >= 0.3 is 6.03 Å². The molecule has 8 heteroatoms. The third kappa shape index (κ3) is 6.35. The van der Waals surface area contributed by atoms with Crippen LogP contribution in [0.5, 0.6) is 11.5 Å². The summed E-state index contributed by atoms with van der Waals surface area (Å²) in [6, 6.07) is 11.8. The molecule has 0 unspecified atom stereocenters. The van der Waals surface area contributed by atoms with Gasteiger partial charge in [0.25, 0.3) is 5.91 Å². The van der Waals surface area contributed by atoms with E-state index in [-0.39, 0.29) is 12.5 Å². The maximum atomic E-state index is 12.1. The lowest BCUT2D eigenvalue weighted by molar-refractivity contribution is -0.118. The van der Waals surface area contributed by atoms with Crippen LogP contribution in [0.1, 0.15) is 18.1 Å². The highest BCUT2D eigenvalue weighted by Gasteiger charge is 2.10. The van der Waals surface area contributed by atoms with E-state index in [4.69, 9.17) is 15.2 Å². The summed E-state index contributed by atoms with van der Waals surface area (Å²) < 4.78 is 11.1. The summed E-state index contributed by atoms with van der Waals surface area (Å²) in [6.45, 7) is 4.01. The summed E-state index contributed by atoms with van der Waals surface area (Å²) in [5.41, 5.74) is 9.43. The van der Waals surface area contributed by atoms with Crippen molar-refractivity contribution >= 4 is 23.8 Å². The van der Waals surface area contributed by atoms with Crippen LogP contribution in [0.25, 0.3) is 0 Å². The first-order valence-corrected chi connectivity index (χ1v) is 8.33. The van der Waals surface area contributed by atoms with Crippen molar-refractivity contribution in [3.8, 4) is 11.5 Å². The number of anilines is 1. The van der Waals surface area contributed by atoms with E-state index < -0.39 is 6.03 Å². The molecule has 0 atom stereocenters. The molecule has 4 N–H and O–H groups in total. The number of ether oxygens (including phenoxy) is 2. The van der Waals surface area contributed by atoms with Crippen molar-refractivity contribution in [1.82, 2.24) is 5.43 Å². The van der Waals surface area contributed by atoms with Gasteiger partial charge in [-0.25, -0.2) is 10.2 Å². The third-order valence-corrected chi connectivity index (χ3v) is 3.43. The number of hydrogen-bond donors (Lipinski definition) is 3. The van der Waals surface area contributed by atoms with Gasteiger partial charge < -0.3 is 20.5 Å². The number of hydrogen-bond acceptors (Lipinski definition) is 5. The summed E-state index contributed by atoms with van der Waals surface area (Å²) >= 11 is 0. The molecule has 2 aromatic rings. The fourth-order valence-electron chi connectivity index (χ4n) is 2.21. The molecule has 2 aromatic carbocycles. The Morgan fingerprint density at radius 1 is 1.15 bits per heavy atom. The molecule has 3 amide bonds. The summed E-state index contributed by atoms with van der Waals surface area (Å²) in [5.74, 6) is 0.615. The number of hydrazone groups is 1. The largest absolute Gasteiger partial charge is 0.490 e. The monoisotopic (exact) mass is 370 g/mol. The molecular weight excluding hydrogens is 348 g/mol. The molecule has 0 radical (unpaired) electrons. The van der Waals surface area contributed by atoms with Crippen LogP contribution >= 0.6 is 0 Å². The second-order valence-corrected chi connectivity index (χ2v) is 5.53. The van der Waals surface area contributed by atoms with Crippen LogP contribution in [-0.4, -0.2) is 31.4 Å². The van der Waals surface area contributed by atoms with Crippen LogP contribution < -0.4 is 25.9 Å². The van der Waals surface area contributed by atoms with Gasteiger partial charge in [-0.15, -0.1) is 0 Å².